The van der Waals surface area contributed by atoms with Crippen LogP contribution in [0.3, 0.4) is 0 Å². The van der Waals surface area contributed by atoms with E-state index in [1.165, 1.54) is 26.8 Å². The molecule has 1 aliphatic carbocycles. The molecular weight excluding hydrogens is 334 g/mol. The molecule has 1 fully saturated rings. The zero-order chi connectivity index (χ0) is 16.6. The fraction of sp³-hybridized carbons (Fsp3) is 0.600. The van der Waals surface area contributed by atoms with Gasteiger partial charge in [0.05, 0.1) is 17.7 Å². The number of carbonyl (C=O) groups excluding carboxylic acids is 1. The van der Waals surface area contributed by atoms with Crippen LogP contribution in [0.15, 0.2) is 0 Å². The Bertz CT molecular complexity index is 777. The molecule has 23 heavy (non-hydrogen) atoms. The van der Waals surface area contributed by atoms with E-state index in [0.29, 0.717) is 30.0 Å². The van der Waals surface area contributed by atoms with Crippen molar-refractivity contribution in [3.63, 3.8) is 0 Å². The molecule has 124 valence electrons. The van der Waals surface area contributed by atoms with Crippen molar-refractivity contribution in [3.8, 4) is 6.07 Å². The summed E-state index contributed by atoms with van der Waals surface area (Å²) in [7, 11) is -3.27. The van der Waals surface area contributed by atoms with Crippen LogP contribution < -0.4 is 5.32 Å². The van der Waals surface area contributed by atoms with Gasteiger partial charge in [0, 0.05) is 18.0 Å². The maximum Gasteiger partial charge on any atom is 0.229 e. The Kier molecular flexibility index (Phi) is 4.45. The van der Waals surface area contributed by atoms with Crippen LogP contribution in [0.25, 0.3) is 0 Å². The second-order valence-electron chi connectivity index (χ2n) is 6.12. The Labute approximate surface area is 140 Å². The van der Waals surface area contributed by atoms with E-state index < -0.39 is 10.0 Å². The number of hydrogen-bond donors (Lipinski definition) is 1. The number of fused-ring (bicyclic) bond motifs is 1. The molecule has 1 aromatic rings. The van der Waals surface area contributed by atoms with Crippen LogP contribution in [0.1, 0.15) is 35.3 Å². The second kappa shape index (κ2) is 6.23. The van der Waals surface area contributed by atoms with Gasteiger partial charge in [-0.15, -0.1) is 11.3 Å². The molecule has 8 heteroatoms. The molecule has 0 radical (unpaired) electrons. The van der Waals surface area contributed by atoms with E-state index in [4.69, 9.17) is 0 Å². The molecule has 1 amide bonds. The molecule has 0 spiro atoms. The lowest BCUT2D eigenvalue weighted by atomic mass is 9.99. The highest BCUT2D eigenvalue weighted by Crippen LogP contribution is 2.38. The summed E-state index contributed by atoms with van der Waals surface area (Å²) < 4.78 is 24.7. The van der Waals surface area contributed by atoms with Crippen molar-refractivity contribution in [2.24, 2.45) is 5.92 Å². The standard InChI is InChI=1S/C15H19N3O3S2/c1-23(20,21)18-7-3-4-10(9-18)14(19)17-15-12(8-16)11-5-2-6-13(11)22-15/h10H,2-7,9H2,1H3,(H,17,19)/t10-/m1/s1. The van der Waals surface area contributed by atoms with Gasteiger partial charge >= 0.3 is 0 Å². The van der Waals surface area contributed by atoms with Gasteiger partial charge < -0.3 is 5.32 Å². The fourth-order valence-electron chi connectivity index (χ4n) is 3.28. The topological polar surface area (TPSA) is 90.3 Å². The van der Waals surface area contributed by atoms with Crippen LogP contribution in [-0.4, -0.2) is 38.0 Å². The Morgan fingerprint density at radius 3 is 2.87 bits per heavy atom. The minimum Gasteiger partial charge on any atom is -0.316 e. The number of carbonyl (C=O) groups is 1. The highest BCUT2D eigenvalue weighted by Gasteiger charge is 2.31. The number of sulfonamides is 1. The van der Waals surface area contributed by atoms with Crippen LogP contribution in [0.5, 0.6) is 0 Å². The minimum absolute atomic E-state index is 0.185. The smallest absolute Gasteiger partial charge is 0.229 e. The largest absolute Gasteiger partial charge is 0.316 e. The minimum atomic E-state index is -3.27. The van der Waals surface area contributed by atoms with Gasteiger partial charge in [-0.25, -0.2) is 12.7 Å². The third kappa shape index (κ3) is 3.27. The molecule has 2 heterocycles. The number of nitriles is 1. The predicted molar refractivity (Wildman–Crippen MR) is 88.8 cm³/mol. The van der Waals surface area contributed by atoms with Crippen molar-refractivity contribution in [3.05, 3.63) is 16.0 Å². The quantitative estimate of drug-likeness (QED) is 0.896. The molecule has 1 saturated heterocycles. The first-order chi connectivity index (χ1) is 10.9. The molecule has 1 atom stereocenters. The lowest BCUT2D eigenvalue weighted by Crippen LogP contribution is -2.43. The van der Waals surface area contributed by atoms with Crippen LogP contribution in [-0.2, 0) is 27.7 Å². The zero-order valence-corrected chi connectivity index (χ0v) is 14.6. The lowest BCUT2D eigenvalue weighted by Gasteiger charge is -2.30. The number of amides is 1. The summed E-state index contributed by atoms with van der Waals surface area (Å²) in [5.41, 5.74) is 1.67. The molecule has 0 aromatic carbocycles. The normalized spacial score (nSPS) is 21.7. The maximum absolute atomic E-state index is 12.5. The first-order valence-corrected chi connectivity index (χ1v) is 10.4. The van der Waals surface area contributed by atoms with E-state index in [1.54, 1.807) is 0 Å². The molecule has 0 saturated carbocycles. The fourth-order valence-corrected chi connectivity index (χ4v) is 5.44. The van der Waals surface area contributed by atoms with Crippen LogP contribution in [0, 0.1) is 17.2 Å². The van der Waals surface area contributed by atoms with Crippen molar-refractivity contribution in [1.82, 2.24) is 4.31 Å². The molecule has 3 rings (SSSR count). The van der Waals surface area contributed by atoms with E-state index in [-0.39, 0.29) is 18.4 Å². The van der Waals surface area contributed by atoms with Crippen molar-refractivity contribution >= 4 is 32.3 Å². The van der Waals surface area contributed by atoms with Gasteiger partial charge in [-0.3, -0.25) is 4.79 Å². The summed E-state index contributed by atoms with van der Waals surface area (Å²) in [5.74, 6) is -0.545. The lowest BCUT2D eigenvalue weighted by molar-refractivity contribution is -0.120. The van der Waals surface area contributed by atoms with Crippen LogP contribution >= 0.6 is 11.3 Å². The number of piperidine rings is 1. The van der Waals surface area contributed by atoms with E-state index in [2.05, 4.69) is 11.4 Å². The van der Waals surface area contributed by atoms with E-state index in [9.17, 15) is 18.5 Å². The Balaban J connectivity index is 1.74. The molecule has 1 aliphatic heterocycles. The number of hydrogen-bond acceptors (Lipinski definition) is 5. The monoisotopic (exact) mass is 353 g/mol. The van der Waals surface area contributed by atoms with Crippen LogP contribution in [0.2, 0.25) is 0 Å². The van der Waals surface area contributed by atoms with E-state index in [1.807, 2.05) is 0 Å². The first kappa shape index (κ1) is 16.4. The first-order valence-electron chi connectivity index (χ1n) is 7.70. The molecule has 1 aromatic heterocycles. The van der Waals surface area contributed by atoms with E-state index in [0.717, 1.165) is 24.8 Å². The Hall–Kier alpha value is -1.43. The van der Waals surface area contributed by atoms with Gasteiger partial charge in [0.1, 0.15) is 11.1 Å². The number of nitrogens with one attached hydrogen (secondary N) is 1. The number of nitrogens with zero attached hydrogens (tertiary/aromatic N) is 2. The highest BCUT2D eigenvalue weighted by molar-refractivity contribution is 7.88. The maximum atomic E-state index is 12.5. The average molecular weight is 353 g/mol. The number of anilines is 1. The summed E-state index contributed by atoms with van der Waals surface area (Å²) in [4.78, 5) is 13.7. The van der Waals surface area contributed by atoms with Crippen molar-refractivity contribution in [1.29, 1.82) is 5.26 Å². The summed E-state index contributed by atoms with van der Waals surface area (Å²) in [5, 5.41) is 12.9. The molecule has 0 unspecified atom stereocenters. The zero-order valence-electron chi connectivity index (χ0n) is 13.0. The molecule has 1 N–H and O–H groups in total. The third-order valence-corrected chi connectivity index (χ3v) is 6.97. The summed E-state index contributed by atoms with van der Waals surface area (Å²) in [6, 6.07) is 2.21. The van der Waals surface area contributed by atoms with Gasteiger partial charge in [-0.05, 0) is 37.7 Å². The van der Waals surface area contributed by atoms with Crippen molar-refractivity contribution < 1.29 is 13.2 Å². The highest BCUT2D eigenvalue weighted by atomic mass is 32.2. The Morgan fingerprint density at radius 1 is 1.39 bits per heavy atom. The predicted octanol–water partition coefficient (Wildman–Crippen LogP) is 1.72. The van der Waals surface area contributed by atoms with Gasteiger partial charge in [0.25, 0.3) is 0 Å². The number of thiophene rings is 1. The van der Waals surface area contributed by atoms with Gasteiger partial charge in [0.2, 0.25) is 15.9 Å². The van der Waals surface area contributed by atoms with Gasteiger partial charge in [-0.2, -0.15) is 5.26 Å². The second-order valence-corrected chi connectivity index (χ2v) is 9.21. The van der Waals surface area contributed by atoms with Crippen molar-refractivity contribution in [2.75, 3.05) is 24.7 Å². The molecular formula is C15H19N3O3S2. The summed E-state index contributed by atoms with van der Waals surface area (Å²) in [6.07, 6.45) is 5.45. The van der Waals surface area contributed by atoms with Crippen molar-refractivity contribution in [2.45, 2.75) is 32.1 Å². The Morgan fingerprint density at radius 2 is 2.17 bits per heavy atom. The molecule has 0 bridgehead atoms. The summed E-state index contributed by atoms with van der Waals surface area (Å²) in [6.45, 7) is 0.691. The van der Waals surface area contributed by atoms with Gasteiger partial charge in [0.15, 0.2) is 0 Å². The number of aryl methyl sites for hydroxylation is 1. The average Bonchev–Trinajstić information content (AvgIpc) is 3.06. The molecule has 2 aliphatic rings. The van der Waals surface area contributed by atoms with Gasteiger partial charge in [-0.1, -0.05) is 0 Å². The van der Waals surface area contributed by atoms with Crippen LogP contribution in [0.4, 0.5) is 5.00 Å². The number of rotatable bonds is 3. The SMILES string of the molecule is CS(=O)(=O)N1CCC[C@@H](C(=O)Nc2sc3c(c2C#N)CCC3)C1. The van der Waals surface area contributed by atoms with E-state index >= 15 is 0 Å². The molecule has 6 nitrogen and oxygen atoms in total. The third-order valence-electron chi connectivity index (χ3n) is 4.49. The summed E-state index contributed by atoms with van der Waals surface area (Å²) >= 11 is 1.49.